The van der Waals surface area contributed by atoms with Crippen molar-refractivity contribution in [3.63, 3.8) is 0 Å². The largest absolute Gasteiger partial charge is 0.298 e. The average molecular weight is 417 g/mol. The molecule has 4 rings (SSSR count). The molecule has 0 saturated heterocycles. The smallest absolute Gasteiger partial charge is 0.291 e. The van der Waals surface area contributed by atoms with Gasteiger partial charge in [-0.25, -0.2) is 4.98 Å². The molecule has 0 aliphatic rings. The van der Waals surface area contributed by atoms with E-state index in [0.29, 0.717) is 16.4 Å². The molecule has 0 fully saturated rings. The van der Waals surface area contributed by atoms with E-state index in [0.717, 1.165) is 14.9 Å². The van der Waals surface area contributed by atoms with Gasteiger partial charge in [0.05, 0.1) is 27.1 Å². The predicted octanol–water partition coefficient (Wildman–Crippen LogP) is 4.40. The Morgan fingerprint density at radius 2 is 1.81 bits per heavy atom. The molecule has 134 valence electrons. The molecule has 2 heterocycles. The summed E-state index contributed by atoms with van der Waals surface area (Å²) < 4.78 is 2.11. The zero-order valence-electron chi connectivity index (χ0n) is 13.5. The molecule has 6 nitrogen and oxygen atoms in total. The molecule has 0 spiro atoms. The highest BCUT2D eigenvalue weighted by molar-refractivity contribution is 7.22. The number of hydrogen-bond donors (Lipinski definition) is 1. The first kappa shape index (κ1) is 17.7. The van der Waals surface area contributed by atoms with Crippen LogP contribution in [0.4, 0.5) is 5.13 Å². The van der Waals surface area contributed by atoms with Crippen LogP contribution in [-0.4, -0.2) is 20.7 Å². The molecule has 2 aromatic heterocycles. The first-order valence-electron chi connectivity index (χ1n) is 7.73. The summed E-state index contributed by atoms with van der Waals surface area (Å²) in [4.78, 5) is 28.9. The Labute approximate surface area is 167 Å². The summed E-state index contributed by atoms with van der Waals surface area (Å²) in [5.41, 5.74) is 1.19. The number of hydrogen-bond acceptors (Lipinski definition) is 5. The molecule has 0 radical (unpaired) electrons. The lowest BCUT2D eigenvalue weighted by Crippen LogP contribution is -2.21. The zero-order chi connectivity index (χ0) is 19.0. The molecule has 2 aromatic carbocycles. The fourth-order valence-electron chi connectivity index (χ4n) is 2.45. The third kappa shape index (κ3) is 3.44. The highest BCUT2D eigenvalue weighted by atomic mass is 35.5. The van der Waals surface area contributed by atoms with Crippen molar-refractivity contribution >= 4 is 55.8 Å². The third-order valence-electron chi connectivity index (χ3n) is 3.76. The SMILES string of the molecule is O=C(Nc1nc2ccccc2s1)c1ccc(-n2ncc(Cl)c(Cl)c2=O)cc1. The van der Waals surface area contributed by atoms with Gasteiger partial charge >= 0.3 is 0 Å². The number of carbonyl (C=O) groups excluding carboxylic acids is 1. The van der Waals surface area contributed by atoms with Gasteiger partial charge in [0.2, 0.25) is 0 Å². The summed E-state index contributed by atoms with van der Waals surface area (Å²) in [5, 5.41) is 7.24. The summed E-state index contributed by atoms with van der Waals surface area (Å²) in [5.74, 6) is -0.296. The van der Waals surface area contributed by atoms with Gasteiger partial charge in [-0.05, 0) is 36.4 Å². The summed E-state index contributed by atoms with van der Waals surface area (Å²) >= 11 is 13.0. The van der Waals surface area contributed by atoms with Crippen LogP contribution in [0.1, 0.15) is 10.4 Å². The summed E-state index contributed by atoms with van der Waals surface area (Å²) in [7, 11) is 0. The van der Waals surface area contributed by atoms with Gasteiger partial charge in [0.1, 0.15) is 5.02 Å². The Hall–Kier alpha value is -2.74. The van der Waals surface area contributed by atoms with E-state index >= 15 is 0 Å². The standard InChI is InChI=1S/C18H10Cl2N4O2S/c19-12-9-21-24(17(26)15(12)20)11-7-5-10(6-8-11)16(25)23-18-22-13-3-1-2-4-14(13)27-18/h1-9H,(H,22,23,25). The summed E-state index contributed by atoms with van der Waals surface area (Å²) in [6.07, 6.45) is 1.29. The molecule has 0 aliphatic carbocycles. The Morgan fingerprint density at radius 3 is 2.56 bits per heavy atom. The number of benzene rings is 2. The van der Waals surface area contributed by atoms with E-state index in [2.05, 4.69) is 15.4 Å². The Balaban J connectivity index is 1.57. The molecule has 0 unspecified atom stereocenters. The van der Waals surface area contributed by atoms with Crippen molar-refractivity contribution in [3.8, 4) is 5.69 Å². The summed E-state index contributed by atoms with van der Waals surface area (Å²) in [6.45, 7) is 0. The molecular formula is C18H10Cl2N4O2S. The molecule has 4 aromatic rings. The van der Waals surface area contributed by atoms with Crippen LogP contribution in [0, 0.1) is 0 Å². The van der Waals surface area contributed by atoms with Gasteiger partial charge in [0.25, 0.3) is 11.5 Å². The normalized spacial score (nSPS) is 10.9. The number of thiazole rings is 1. The lowest BCUT2D eigenvalue weighted by Gasteiger charge is -2.07. The molecule has 0 saturated carbocycles. The van der Waals surface area contributed by atoms with Crippen LogP contribution in [-0.2, 0) is 0 Å². The van der Waals surface area contributed by atoms with E-state index in [4.69, 9.17) is 23.2 Å². The molecule has 9 heteroatoms. The van der Waals surface area contributed by atoms with Crippen molar-refractivity contribution < 1.29 is 4.79 Å². The van der Waals surface area contributed by atoms with Crippen molar-refractivity contribution in [1.82, 2.24) is 14.8 Å². The molecule has 1 amide bonds. The Kier molecular flexibility index (Phi) is 4.65. The van der Waals surface area contributed by atoms with Crippen molar-refractivity contribution in [2.45, 2.75) is 0 Å². The minimum Gasteiger partial charge on any atom is -0.298 e. The number of halogens is 2. The van der Waals surface area contributed by atoms with E-state index in [-0.39, 0.29) is 16.0 Å². The topological polar surface area (TPSA) is 76.9 Å². The maximum atomic E-state index is 12.4. The van der Waals surface area contributed by atoms with Crippen LogP contribution in [0.15, 0.2) is 59.5 Å². The monoisotopic (exact) mass is 416 g/mol. The fraction of sp³-hybridized carbons (Fsp3) is 0. The van der Waals surface area contributed by atoms with Crippen LogP contribution in [0.3, 0.4) is 0 Å². The number of carbonyl (C=O) groups is 1. The molecular weight excluding hydrogens is 407 g/mol. The van der Waals surface area contributed by atoms with Gasteiger partial charge < -0.3 is 0 Å². The number of nitrogens with one attached hydrogen (secondary N) is 1. The van der Waals surface area contributed by atoms with Gasteiger partial charge in [0, 0.05) is 5.56 Å². The van der Waals surface area contributed by atoms with Gasteiger partial charge in [-0.2, -0.15) is 9.78 Å². The second-order valence-corrected chi connectivity index (χ2v) is 7.33. The molecule has 1 N–H and O–H groups in total. The highest BCUT2D eigenvalue weighted by Crippen LogP contribution is 2.25. The second-order valence-electron chi connectivity index (χ2n) is 5.51. The maximum Gasteiger partial charge on any atom is 0.291 e. The van der Waals surface area contributed by atoms with E-state index in [1.165, 1.54) is 17.5 Å². The summed E-state index contributed by atoms with van der Waals surface area (Å²) in [6, 6.07) is 14.0. The van der Waals surface area contributed by atoms with Crippen molar-refractivity contribution in [2.75, 3.05) is 5.32 Å². The van der Waals surface area contributed by atoms with Crippen molar-refractivity contribution in [3.05, 3.63) is 80.7 Å². The van der Waals surface area contributed by atoms with Gasteiger partial charge in [0.15, 0.2) is 5.13 Å². The zero-order valence-corrected chi connectivity index (χ0v) is 15.8. The van der Waals surface area contributed by atoms with Crippen LogP contribution in [0.2, 0.25) is 10.0 Å². The third-order valence-corrected chi connectivity index (χ3v) is 5.47. The molecule has 27 heavy (non-hydrogen) atoms. The second kappa shape index (κ2) is 7.11. The number of amides is 1. The number of fused-ring (bicyclic) bond motifs is 1. The van der Waals surface area contributed by atoms with Crippen LogP contribution in [0.25, 0.3) is 15.9 Å². The van der Waals surface area contributed by atoms with Crippen molar-refractivity contribution in [2.24, 2.45) is 0 Å². The van der Waals surface area contributed by atoms with Crippen molar-refractivity contribution in [1.29, 1.82) is 0 Å². The fourth-order valence-corrected chi connectivity index (χ4v) is 3.56. The van der Waals surface area contributed by atoms with Crippen LogP contribution < -0.4 is 10.9 Å². The number of para-hydroxylation sites is 1. The minimum atomic E-state index is -0.532. The number of aromatic nitrogens is 3. The number of rotatable bonds is 3. The number of anilines is 1. The van der Waals surface area contributed by atoms with E-state index in [9.17, 15) is 9.59 Å². The lowest BCUT2D eigenvalue weighted by atomic mass is 10.2. The lowest BCUT2D eigenvalue weighted by molar-refractivity contribution is 0.102. The Bertz CT molecular complexity index is 1190. The first-order valence-corrected chi connectivity index (χ1v) is 9.31. The minimum absolute atomic E-state index is 0.0877. The van der Waals surface area contributed by atoms with Gasteiger partial charge in [-0.1, -0.05) is 46.7 Å². The molecule has 0 atom stereocenters. The average Bonchev–Trinajstić information content (AvgIpc) is 3.08. The van der Waals surface area contributed by atoms with Gasteiger partial charge in [-0.3, -0.25) is 14.9 Å². The molecule has 0 bridgehead atoms. The van der Waals surface area contributed by atoms with Gasteiger partial charge in [-0.15, -0.1) is 0 Å². The quantitative estimate of drug-likeness (QED) is 0.536. The van der Waals surface area contributed by atoms with E-state index < -0.39 is 5.56 Å². The maximum absolute atomic E-state index is 12.4. The Morgan fingerprint density at radius 1 is 1.07 bits per heavy atom. The van der Waals surface area contributed by atoms with E-state index in [1.807, 2.05) is 24.3 Å². The molecule has 0 aliphatic heterocycles. The predicted molar refractivity (Wildman–Crippen MR) is 107 cm³/mol. The van der Waals surface area contributed by atoms with Crippen LogP contribution in [0.5, 0.6) is 0 Å². The number of nitrogens with zero attached hydrogens (tertiary/aromatic N) is 3. The van der Waals surface area contributed by atoms with E-state index in [1.54, 1.807) is 24.3 Å². The van der Waals surface area contributed by atoms with Crippen LogP contribution >= 0.6 is 34.5 Å². The first-order chi connectivity index (χ1) is 13.0. The highest BCUT2D eigenvalue weighted by Gasteiger charge is 2.12.